The van der Waals surface area contributed by atoms with Gasteiger partial charge >= 0.3 is 0 Å². The second kappa shape index (κ2) is 13.2. The third-order valence-corrected chi connectivity index (χ3v) is 3.74. The van der Waals surface area contributed by atoms with E-state index in [2.05, 4.69) is 22.1 Å². The molecule has 0 spiro atoms. The molecule has 0 radical (unpaired) electrons. The van der Waals surface area contributed by atoms with Gasteiger partial charge in [-0.15, -0.1) is 0 Å². The van der Waals surface area contributed by atoms with E-state index in [4.69, 9.17) is 18.9 Å². The molecule has 148 valence electrons. The summed E-state index contributed by atoms with van der Waals surface area (Å²) in [7, 11) is 7.00. The van der Waals surface area contributed by atoms with Crippen LogP contribution in [-0.4, -0.2) is 72.1 Å². The maximum absolute atomic E-state index is 5.48. The van der Waals surface area contributed by atoms with Gasteiger partial charge in [-0.25, -0.2) is 0 Å². The number of nitrogens with one attached hydrogen (secondary N) is 1. The van der Waals surface area contributed by atoms with Crippen LogP contribution in [-0.2, 0) is 16.0 Å². The summed E-state index contributed by atoms with van der Waals surface area (Å²) in [5, 5.41) is 3.32. The van der Waals surface area contributed by atoms with E-state index in [9.17, 15) is 0 Å². The molecule has 0 heterocycles. The van der Waals surface area contributed by atoms with Gasteiger partial charge in [0.25, 0.3) is 0 Å². The lowest BCUT2D eigenvalue weighted by atomic mass is 10.2. The van der Waals surface area contributed by atoms with Crippen molar-refractivity contribution >= 4 is 5.96 Å². The molecule has 7 nitrogen and oxygen atoms in total. The minimum atomic E-state index is 0.622. The molecule has 1 aromatic carbocycles. The van der Waals surface area contributed by atoms with Crippen LogP contribution in [0.5, 0.6) is 11.5 Å². The fourth-order valence-corrected chi connectivity index (χ4v) is 2.38. The van der Waals surface area contributed by atoms with Crippen LogP contribution in [0, 0.1) is 0 Å². The van der Waals surface area contributed by atoms with E-state index in [1.807, 2.05) is 25.2 Å². The minimum Gasteiger partial charge on any atom is -0.497 e. The van der Waals surface area contributed by atoms with E-state index in [0.717, 1.165) is 36.0 Å². The molecule has 0 unspecified atom stereocenters. The Kier molecular flexibility index (Phi) is 11.2. The van der Waals surface area contributed by atoms with Crippen molar-refractivity contribution in [3.8, 4) is 11.5 Å². The van der Waals surface area contributed by atoms with E-state index in [1.54, 1.807) is 21.3 Å². The molecule has 0 aliphatic rings. The summed E-state index contributed by atoms with van der Waals surface area (Å²) in [4.78, 5) is 6.75. The first-order valence-electron chi connectivity index (χ1n) is 8.93. The Balaban J connectivity index is 2.61. The average molecular weight is 367 g/mol. The van der Waals surface area contributed by atoms with Crippen LogP contribution in [0.4, 0.5) is 0 Å². The molecular formula is C19H33N3O4. The quantitative estimate of drug-likeness (QED) is 0.347. The molecule has 0 amide bonds. The van der Waals surface area contributed by atoms with Crippen molar-refractivity contribution < 1.29 is 18.9 Å². The zero-order chi connectivity index (χ0) is 19.2. The highest BCUT2D eigenvalue weighted by molar-refractivity contribution is 5.79. The van der Waals surface area contributed by atoms with Gasteiger partial charge in [-0.1, -0.05) is 0 Å². The molecule has 26 heavy (non-hydrogen) atoms. The van der Waals surface area contributed by atoms with Crippen molar-refractivity contribution in [3.63, 3.8) is 0 Å². The topological polar surface area (TPSA) is 64.6 Å². The molecule has 0 atom stereocenters. The third-order valence-electron chi connectivity index (χ3n) is 3.74. The fraction of sp³-hybridized carbons (Fsp3) is 0.632. The highest BCUT2D eigenvalue weighted by Crippen LogP contribution is 2.25. The zero-order valence-corrected chi connectivity index (χ0v) is 16.7. The number of aliphatic imine (C=N–C) groups is 1. The van der Waals surface area contributed by atoms with Gasteiger partial charge in [-0.05, 0) is 25.5 Å². The van der Waals surface area contributed by atoms with Gasteiger partial charge < -0.3 is 29.2 Å². The minimum absolute atomic E-state index is 0.622. The van der Waals surface area contributed by atoms with Gasteiger partial charge in [0.1, 0.15) is 11.5 Å². The number of hydrogen-bond acceptors (Lipinski definition) is 5. The van der Waals surface area contributed by atoms with Gasteiger partial charge in [0.05, 0.1) is 27.4 Å². The molecule has 0 aliphatic heterocycles. The lowest BCUT2D eigenvalue weighted by molar-refractivity contribution is 0.0702. The molecule has 0 bridgehead atoms. The standard InChI is InChI=1S/C19H33N3O4/c1-6-20-19(21-10-7-11-26-13-12-23-3)22(2)15-16-8-9-17(24-4)14-18(16)25-5/h8-9,14H,6-7,10-13,15H2,1-5H3,(H,20,21). The number of nitrogens with zero attached hydrogens (tertiary/aromatic N) is 2. The average Bonchev–Trinajstić information content (AvgIpc) is 2.66. The predicted molar refractivity (Wildman–Crippen MR) is 104 cm³/mol. The van der Waals surface area contributed by atoms with Crippen molar-refractivity contribution in [1.82, 2.24) is 10.2 Å². The summed E-state index contributed by atoms with van der Waals surface area (Å²) in [6.07, 6.45) is 0.873. The second-order valence-electron chi connectivity index (χ2n) is 5.73. The molecule has 0 aromatic heterocycles. The summed E-state index contributed by atoms with van der Waals surface area (Å²) in [6.45, 7) is 6.19. The van der Waals surface area contributed by atoms with Gasteiger partial charge in [-0.3, -0.25) is 4.99 Å². The van der Waals surface area contributed by atoms with Crippen molar-refractivity contribution in [2.75, 3.05) is 61.3 Å². The van der Waals surface area contributed by atoms with E-state index in [0.29, 0.717) is 32.9 Å². The Morgan fingerprint density at radius 3 is 2.58 bits per heavy atom. The predicted octanol–water partition coefficient (Wildman–Crippen LogP) is 2.15. The lowest BCUT2D eigenvalue weighted by Crippen LogP contribution is -2.38. The van der Waals surface area contributed by atoms with Gasteiger partial charge in [0.15, 0.2) is 5.96 Å². The summed E-state index contributed by atoms with van der Waals surface area (Å²) in [5.41, 5.74) is 1.07. The maximum atomic E-state index is 5.48. The molecule has 0 aliphatic carbocycles. The first-order valence-corrected chi connectivity index (χ1v) is 8.93. The van der Waals surface area contributed by atoms with E-state index < -0.39 is 0 Å². The summed E-state index contributed by atoms with van der Waals surface area (Å²) in [6, 6.07) is 5.85. The Bertz CT molecular complexity index is 538. The van der Waals surface area contributed by atoms with Crippen LogP contribution < -0.4 is 14.8 Å². The molecular weight excluding hydrogens is 334 g/mol. The van der Waals surface area contributed by atoms with Crippen molar-refractivity contribution in [1.29, 1.82) is 0 Å². The highest BCUT2D eigenvalue weighted by Gasteiger charge is 2.11. The van der Waals surface area contributed by atoms with Crippen LogP contribution in [0.25, 0.3) is 0 Å². The van der Waals surface area contributed by atoms with Crippen molar-refractivity contribution in [2.24, 2.45) is 4.99 Å². The van der Waals surface area contributed by atoms with Crippen LogP contribution in [0.15, 0.2) is 23.2 Å². The number of hydrogen-bond donors (Lipinski definition) is 1. The summed E-state index contributed by atoms with van der Waals surface area (Å²) >= 11 is 0. The number of benzene rings is 1. The Labute approximate surface area is 157 Å². The molecule has 1 aromatic rings. The Hall–Kier alpha value is -1.99. The Morgan fingerprint density at radius 1 is 1.12 bits per heavy atom. The number of ether oxygens (including phenoxy) is 4. The van der Waals surface area contributed by atoms with Gasteiger partial charge in [0, 0.05) is 52.0 Å². The SMILES string of the molecule is CCNC(=NCCCOCCOC)N(C)Cc1ccc(OC)cc1OC. The van der Waals surface area contributed by atoms with Crippen LogP contribution >= 0.6 is 0 Å². The maximum Gasteiger partial charge on any atom is 0.193 e. The fourth-order valence-electron chi connectivity index (χ4n) is 2.38. The first-order chi connectivity index (χ1) is 12.7. The number of methoxy groups -OCH3 is 3. The largest absolute Gasteiger partial charge is 0.497 e. The molecule has 7 heteroatoms. The molecule has 0 saturated carbocycles. The molecule has 0 saturated heterocycles. The lowest BCUT2D eigenvalue weighted by Gasteiger charge is -2.23. The smallest absolute Gasteiger partial charge is 0.193 e. The highest BCUT2D eigenvalue weighted by atomic mass is 16.5. The summed E-state index contributed by atoms with van der Waals surface area (Å²) < 4.78 is 21.2. The number of rotatable bonds is 12. The van der Waals surface area contributed by atoms with Crippen LogP contribution in [0.3, 0.4) is 0 Å². The third kappa shape index (κ3) is 7.93. The molecule has 1 rings (SSSR count). The van der Waals surface area contributed by atoms with E-state index in [1.165, 1.54) is 0 Å². The summed E-state index contributed by atoms with van der Waals surface area (Å²) in [5.74, 6) is 2.45. The second-order valence-corrected chi connectivity index (χ2v) is 5.73. The normalized spacial score (nSPS) is 11.3. The van der Waals surface area contributed by atoms with Crippen molar-refractivity contribution in [3.05, 3.63) is 23.8 Å². The zero-order valence-electron chi connectivity index (χ0n) is 16.7. The number of guanidine groups is 1. The monoisotopic (exact) mass is 367 g/mol. The van der Waals surface area contributed by atoms with E-state index >= 15 is 0 Å². The molecule has 1 N–H and O–H groups in total. The van der Waals surface area contributed by atoms with Crippen molar-refractivity contribution in [2.45, 2.75) is 19.9 Å². The first kappa shape index (κ1) is 22.1. The van der Waals surface area contributed by atoms with Crippen LogP contribution in [0.2, 0.25) is 0 Å². The Morgan fingerprint density at radius 2 is 1.92 bits per heavy atom. The van der Waals surface area contributed by atoms with E-state index in [-0.39, 0.29) is 0 Å². The molecule has 0 fully saturated rings. The van der Waals surface area contributed by atoms with Gasteiger partial charge in [0.2, 0.25) is 0 Å². The van der Waals surface area contributed by atoms with Gasteiger partial charge in [-0.2, -0.15) is 0 Å². The van der Waals surface area contributed by atoms with Crippen LogP contribution in [0.1, 0.15) is 18.9 Å².